The molecule has 232 valence electrons. The molecule has 12 nitrogen and oxygen atoms in total. The van der Waals surface area contributed by atoms with Crippen molar-refractivity contribution in [2.45, 2.75) is 35.8 Å². The fourth-order valence-corrected chi connectivity index (χ4v) is 6.19. The van der Waals surface area contributed by atoms with Gasteiger partial charge in [0.15, 0.2) is 21.5 Å². The third-order valence-electron chi connectivity index (χ3n) is 7.07. The Labute approximate surface area is 256 Å². The van der Waals surface area contributed by atoms with Crippen LogP contribution in [0.2, 0.25) is 0 Å². The van der Waals surface area contributed by atoms with Crippen molar-refractivity contribution in [3.8, 4) is 5.75 Å². The van der Waals surface area contributed by atoms with Crippen LogP contribution in [0.1, 0.15) is 36.5 Å². The van der Waals surface area contributed by atoms with Crippen LogP contribution in [0.25, 0.3) is 10.4 Å². The Balaban J connectivity index is 1.79. The predicted molar refractivity (Wildman–Crippen MR) is 165 cm³/mol. The summed E-state index contributed by atoms with van der Waals surface area (Å²) in [6.45, 7) is 1.02. The van der Waals surface area contributed by atoms with Crippen molar-refractivity contribution in [2.24, 2.45) is 10.1 Å². The molecule has 1 aliphatic heterocycles. The molecule has 0 bridgehead atoms. The van der Waals surface area contributed by atoms with Crippen LogP contribution in [0.3, 0.4) is 0 Å². The molecule has 1 heterocycles. The van der Waals surface area contributed by atoms with E-state index in [0.717, 1.165) is 0 Å². The quantitative estimate of drug-likeness (QED) is 0.101. The molecule has 1 amide bonds. The molecule has 2 atom stereocenters. The number of aliphatic imine (C=N–C) groups is 1. The van der Waals surface area contributed by atoms with Gasteiger partial charge in [0.1, 0.15) is 5.75 Å². The van der Waals surface area contributed by atoms with Crippen LogP contribution in [0, 0.1) is 0 Å². The molecule has 0 fully saturated rings. The minimum atomic E-state index is -3.81. The summed E-state index contributed by atoms with van der Waals surface area (Å²) in [4.78, 5) is 22.0. The lowest BCUT2D eigenvalue weighted by atomic mass is 9.84. The number of azide groups is 1. The average Bonchev–Trinajstić information content (AvgIpc) is 3.44. The van der Waals surface area contributed by atoms with Gasteiger partial charge < -0.3 is 24.6 Å². The van der Waals surface area contributed by atoms with Gasteiger partial charge >= 0.3 is 0 Å². The van der Waals surface area contributed by atoms with Gasteiger partial charge in [0.05, 0.1) is 17.3 Å². The first-order valence-electron chi connectivity index (χ1n) is 14.1. The number of methoxy groups -OCH3 is 1. The molecule has 0 saturated carbocycles. The molecule has 1 aliphatic rings. The number of hydrogen-bond acceptors (Lipinski definition) is 9. The van der Waals surface area contributed by atoms with Crippen LogP contribution >= 0.6 is 0 Å². The van der Waals surface area contributed by atoms with Gasteiger partial charge in [-0.2, -0.15) is 0 Å². The van der Waals surface area contributed by atoms with Crippen LogP contribution in [0.5, 0.6) is 5.75 Å². The van der Waals surface area contributed by atoms with Gasteiger partial charge in [0.25, 0.3) is 5.91 Å². The van der Waals surface area contributed by atoms with Crippen LogP contribution in [-0.4, -0.2) is 70.1 Å². The molecule has 3 aromatic rings. The number of sulfone groups is 1. The summed E-state index contributed by atoms with van der Waals surface area (Å²) in [5.74, 6) is -0.240. The molecular weight excluding hydrogens is 586 g/mol. The average molecular weight is 622 g/mol. The standard InChI is InChI=1S/C31H35N5O7S/c1-41-20-7-18-33-30(38)31(17-22-44(39,40)25-9-3-2-4-10-25)28(26-11-5-6-12-27(26)35-36-32)43-29(34-31)23-13-15-24(16-14-23)42-21-8-19-37/h2-6,9-16,28,37H,7-8,17-22H2,1H3,(H,33,38)/t28-,31-/m1/s1. The Hall–Kier alpha value is -4.42. The second-order valence-electron chi connectivity index (χ2n) is 10.0. The maximum Gasteiger partial charge on any atom is 0.252 e. The summed E-state index contributed by atoms with van der Waals surface area (Å²) >= 11 is 0. The van der Waals surface area contributed by atoms with E-state index in [1.165, 1.54) is 12.1 Å². The van der Waals surface area contributed by atoms with Crippen LogP contribution in [0.15, 0.2) is 93.9 Å². The maximum absolute atomic E-state index is 14.1. The van der Waals surface area contributed by atoms with E-state index >= 15 is 0 Å². The number of aliphatic hydroxyl groups is 1. The van der Waals surface area contributed by atoms with Crippen molar-refractivity contribution >= 4 is 27.3 Å². The number of carbonyl (C=O) groups is 1. The zero-order valence-corrected chi connectivity index (χ0v) is 25.2. The van der Waals surface area contributed by atoms with Crippen LogP contribution < -0.4 is 10.1 Å². The highest BCUT2D eigenvalue weighted by Gasteiger charge is 2.54. The van der Waals surface area contributed by atoms with Crippen molar-refractivity contribution in [3.63, 3.8) is 0 Å². The zero-order chi connectivity index (χ0) is 31.4. The van der Waals surface area contributed by atoms with E-state index in [4.69, 9.17) is 24.3 Å². The Morgan fingerprint density at radius 2 is 1.80 bits per heavy atom. The molecule has 2 N–H and O–H groups in total. The summed E-state index contributed by atoms with van der Waals surface area (Å²) < 4.78 is 44.0. The molecular formula is C31H35N5O7S. The molecule has 0 radical (unpaired) electrons. The second-order valence-corrected chi connectivity index (χ2v) is 12.1. The summed E-state index contributed by atoms with van der Waals surface area (Å²) in [6.07, 6.45) is -0.331. The van der Waals surface area contributed by atoms with E-state index in [0.29, 0.717) is 42.9 Å². The smallest absolute Gasteiger partial charge is 0.252 e. The molecule has 0 unspecified atom stereocenters. The Bertz CT molecular complexity index is 1590. The minimum absolute atomic E-state index is 0.0110. The van der Waals surface area contributed by atoms with Crippen molar-refractivity contribution in [2.75, 3.05) is 39.2 Å². The molecule has 0 spiro atoms. The fraction of sp³-hybridized carbons (Fsp3) is 0.355. The van der Waals surface area contributed by atoms with Gasteiger partial charge in [-0.25, -0.2) is 13.4 Å². The number of benzene rings is 3. The van der Waals surface area contributed by atoms with Gasteiger partial charge in [0, 0.05) is 61.4 Å². The van der Waals surface area contributed by atoms with Gasteiger partial charge in [0.2, 0.25) is 5.90 Å². The lowest BCUT2D eigenvalue weighted by Gasteiger charge is -2.31. The highest BCUT2D eigenvalue weighted by molar-refractivity contribution is 7.91. The van der Waals surface area contributed by atoms with Gasteiger partial charge in [-0.15, -0.1) is 0 Å². The third kappa shape index (κ3) is 7.74. The monoisotopic (exact) mass is 621 g/mol. The summed E-state index contributed by atoms with van der Waals surface area (Å²) in [7, 11) is -2.25. The molecule has 0 aliphatic carbocycles. The number of hydrogen-bond donors (Lipinski definition) is 2. The minimum Gasteiger partial charge on any atom is -0.494 e. The van der Waals surface area contributed by atoms with Crippen molar-refractivity contribution < 1.29 is 32.5 Å². The number of carbonyl (C=O) groups excluding carboxylic acids is 1. The third-order valence-corrected chi connectivity index (χ3v) is 8.80. The number of rotatable bonds is 16. The first-order chi connectivity index (χ1) is 21.3. The maximum atomic E-state index is 14.1. The van der Waals surface area contributed by atoms with E-state index in [1.807, 2.05) is 0 Å². The molecule has 0 saturated heterocycles. The number of aliphatic hydroxyl groups excluding tert-OH is 1. The van der Waals surface area contributed by atoms with E-state index in [-0.39, 0.29) is 36.1 Å². The molecule has 44 heavy (non-hydrogen) atoms. The van der Waals surface area contributed by atoms with E-state index in [2.05, 4.69) is 15.3 Å². The molecule has 3 aromatic carbocycles. The van der Waals surface area contributed by atoms with Gasteiger partial charge in [-0.1, -0.05) is 47.6 Å². The summed E-state index contributed by atoms with van der Waals surface area (Å²) in [5, 5.41) is 15.7. The largest absolute Gasteiger partial charge is 0.494 e. The van der Waals surface area contributed by atoms with Crippen LogP contribution in [0.4, 0.5) is 5.69 Å². The van der Waals surface area contributed by atoms with Crippen molar-refractivity contribution in [1.29, 1.82) is 0 Å². The normalized spacial score (nSPS) is 17.7. The molecule has 13 heteroatoms. The lowest BCUT2D eigenvalue weighted by Crippen LogP contribution is -2.49. The topological polar surface area (TPSA) is 172 Å². The highest BCUT2D eigenvalue weighted by Crippen LogP contribution is 2.45. The first kappa shape index (κ1) is 32.5. The summed E-state index contributed by atoms with van der Waals surface area (Å²) in [6, 6.07) is 21.5. The predicted octanol–water partition coefficient (Wildman–Crippen LogP) is 4.66. The second kappa shape index (κ2) is 15.3. The fourth-order valence-electron chi connectivity index (χ4n) is 4.80. The SMILES string of the molecule is COCCCNC(=O)[C@]1(CCS(=O)(=O)c2ccccc2)N=C(c2ccc(OCCCO)cc2)O[C@@H]1c1ccccc1N=[N+]=[N-]. The van der Waals surface area contributed by atoms with Crippen LogP contribution in [-0.2, 0) is 24.1 Å². The van der Waals surface area contributed by atoms with Gasteiger partial charge in [-0.05, 0) is 48.4 Å². The van der Waals surface area contributed by atoms with E-state index in [1.54, 1.807) is 73.8 Å². The Kier molecular flexibility index (Phi) is 11.3. The van der Waals surface area contributed by atoms with Crippen molar-refractivity contribution in [3.05, 3.63) is 100 Å². The number of nitrogens with one attached hydrogen (secondary N) is 1. The highest BCUT2D eigenvalue weighted by atomic mass is 32.2. The number of nitrogens with zero attached hydrogens (tertiary/aromatic N) is 4. The van der Waals surface area contributed by atoms with E-state index in [9.17, 15) is 18.7 Å². The Morgan fingerprint density at radius 3 is 2.50 bits per heavy atom. The lowest BCUT2D eigenvalue weighted by molar-refractivity contribution is -0.129. The zero-order valence-electron chi connectivity index (χ0n) is 24.3. The molecule has 0 aromatic heterocycles. The first-order valence-corrected chi connectivity index (χ1v) is 15.8. The number of ether oxygens (including phenoxy) is 3. The van der Waals surface area contributed by atoms with E-state index < -0.39 is 33.1 Å². The number of amides is 1. The summed E-state index contributed by atoms with van der Waals surface area (Å²) in [5.41, 5.74) is 8.67. The van der Waals surface area contributed by atoms with Crippen molar-refractivity contribution in [1.82, 2.24) is 5.32 Å². The Morgan fingerprint density at radius 1 is 1.07 bits per heavy atom. The molecule has 4 rings (SSSR count). The van der Waals surface area contributed by atoms with Gasteiger partial charge in [-0.3, -0.25) is 4.79 Å².